The third kappa shape index (κ3) is 12.2. The van der Waals surface area contributed by atoms with Crippen LogP contribution in [-0.4, -0.2) is 121 Å². The van der Waals surface area contributed by atoms with E-state index in [-0.39, 0.29) is 25.0 Å². The second kappa shape index (κ2) is 20.6. The number of nitrogens with zero attached hydrogens (tertiary/aromatic N) is 8. The minimum Gasteiger partial charge on any atom is -0.482 e. The van der Waals surface area contributed by atoms with Gasteiger partial charge in [-0.05, 0) is 99.9 Å². The Hall–Kier alpha value is -5.22. The molecule has 0 radical (unpaired) electrons. The third-order valence-electron chi connectivity index (χ3n) is 10.00. The summed E-state index contributed by atoms with van der Waals surface area (Å²) < 4.78 is 10.9. The van der Waals surface area contributed by atoms with E-state index in [1.807, 2.05) is 36.4 Å². The van der Waals surface area contributed by atoms with Crippen LogP contribution in [0.2, 0.25) is 20.1 Å². The number of anilines is 4. The summed E-state index contributed by atoms with van der Waals surface area (Å²) in [7, 11) is 4.25. The maximum atomic E-state index is 12.3. The Morgan fingerprint density at radius 1 is 0.574 bits per heavy atom. The number of carbonyl (C=O) groups is 2. The van der Waals surface area contributed by atoms with Gasteiger partial charge in [-0.3, -0.25) is 9.59 Å². The van der Waals surface area contributed by atoms with Gasteiger partial charge in [0.05, 0.1) is 21.1 Å². The maximum absolute atomic E-state index is 12.3. The zero-order valence-electron chi connectivity index (χ0n) is 33.6. The van der Waals surface area contributed by atoms with Crippen LogP contribution >= 0.6 is 46.4 Å². The number of likely N-dealkylation sites (N-methyl/N-ethyl adjacent to an activating group) is 2. The summed E-state index contributed by atoms with van der Waals surface area (Å²) in [5.74, 6) is 1.69. The second-order valence-electron chi connectivity index (χ2n) is 14.6. The van der Waals surface area contributed by atoms with Gasteiger partial charge in [0.1, 0.15) is 11.5 Å². The van der Waals surface area contributed by atoms with E-state index < -0.39 is 0 Å². The van der Waals surface area contributed by atoms with Crippen LogP contribution in [0.25, 0.3) is 21.8 Å². The zero-order chi connectivity index (χ0) is 42.9. The summed E-state index contributed by atoms with van der Waals surface area (Å²) in [6.45, 7) is 7.41. The number of carbonyl (C=O) groups excluding carboxylic acids is 2. The molecule has 6 aromatic rings. The van der Waals surface area contributed by atoms with Gasteiger partial charge in [-0.2, -0.15) is 0 Å². The van der Waals surface area contributed by atoms with Crippen molar-refractivity contribution in [2.75, 3.05) is 100 Å². The first kappa shape index (κ1) is 43.9. The van der Waals surface area contributed by atoms with Gasteiger partial charge in [0.15, 0.2) is 13.2 Å². The lowest BCUT2D eigenvalue weighted by molar-refractivity contribution is -0.118. The summed E-state index contributed by atoms with van der Waals surface area (Å²) >= 11 is 23.8. The summed E-state index contributed by atoms with van der Waals surface area (Å²) in [5.41, 5.74) is 2.97. The zero-order valence-corrected chi connectivity index (χ0v) is 36.6. The molecule has 2 saturated heterocycles. The average Bonchev–Trinajstić information content (AvgIpc) is 3.47. The lowest BCUT2D eigenvalue weighted by Crippen LogP contribution is -2.45. The minimum absolute atomic E-state index is 0.168. The fraction of sp³-hybridized carbons (Fsp3) is 0.302. The summed E-state index contributed by atoms with van der Waals surface area (Å²) in [5, 5.41) is 9.07. The summed E-state index contributed by atoms with van der Waals surface area (Å²) in [4.78, 5) is 52.0. The molecular weight excluding hydrogens is 862 g/mol. The first-order valence-corrected chi connectivity index (χ1v) is 21.1. The van der Waals surface area contributed by atoms with Crippen LogP contribution < -0.4 is 29.9 Å². The van der Waals surface area contributed by atoms with E-state index >= 15 is 0 Å². The maximum Gasteiger partial charge on any atom is 0.262 e. The van der Waals surface area contributed by atoms with Crippen LogP contribution in [0.1, 0.15) is 6.42 Å². The molecule has 14 nitrogen and oxygen atoms in total. The molecule has 0 unspecified atom stereocenters. The predicted octanol–water partition coefficient (Wildman–Crippen LogP) is 7.80. The molecule has 18 heteroatoms. The van der Waals surface area contributed by atoms with Crippen molar-refractivity contribution in [3.63, 3.8) is 0 Å². The molecule has 0 atom stereocenters. The molecule has 2 fully saturated rings. The topological polar surface area (TPSA) is 141 Å². The van der Waals surface area contributed by atoms with Crippen molar-refractivity contribution < 1.29 is 19.1 Å². The highest BCUT2D eigenvalue weighted by molar-refractivity contribution is 6.36. The molecule has 0 spiro atoms. The highest BCUT2D eigenvalue weighted by Gasteiger charge is 2.18. The highest BCUT2D eigenvalue weighted by atomic mass is 35.5. The molecular formula is C43H44Cl4N10O4. The van der Waals surface area contributed by atoms with Crippen LogP contribution in [0.5, 0.6) is 11.5 Å². The molecule has 0 saturated carbocycles. The molecule has 0 bridgehead atoms. The first-order valence-electron chi connectivity index (χ1n) is 19.6. The van der Waals surface area contributed by atoms with Gasteiger partial charge in [0.25, 0.3) is 11.8 Å². The lowest BCUT2D eigenvalue weighted by Gasteiger charge is -2.32. The van der Waals surface area contributed by atoms with E-state index in [1.165, 1.54) is 0 Å². The number of fused-ring (bicyclic) bond motifs is 2. The van der Waals surface area contributed by atoms with Crippen molar-refractivity contribution in [2.45, 2.75) is 6.42 Å². The monoisotopic (exact) mass is 904 g/mol. The number of rotatable bonds is 10. The first-order chi connectivity index (χ1) is 29.4. The smallest absolute Gasteiger partial charge is 0.262 e. The van der Waals surface area contributed by atoms with Crippen LogP contribution in [0.3, 0.4) is 0 Å². The lowest BCUT2D eigenvalue weighted by atomic mass is 10.2. The Morgan fingerprint density at radius 3 is 1.48 bits per heavy atom. The number of halogens is 4. The van der Waals surface area contributed by atoms with Gasteiger partial charge in [-0.15, -0.1) is 0 Å². The Kier molecular flexibility index (Phi) is 14.8. The molecule has 318 valence electrons. The summed E-state index contributed by atoms with van der Waals surface area (Å²) in [6.07, 6.45) is 4.67. The number of nitrogens with one attached hydrogen (secondary N) is 2. The van der Waals surface area contributed by atoms with E-state index in [1.54, 1.807) is 48.8 Å². The molecule has 2 amide bonds. The van der Waals surface area contributed by atoms with Crippen LogP contribution in [-0.2, 0) is 9.59 Å². The van der Waals surface area contributed by atoms with E-state index in [0.717, 1.165) is 92.5 Å². The summed E-state index contributed by atoms with van der Waals surface area (Å²) in [6, 6.07) is 20.8. The standard InChI is InChI=1S/C22H23Cl2N5O2.C21H21Cl2N5O2/c1-28-7-2-8-29(10-9-28)22-25-13-15-11-17(4-5-19(15)27-22)26-21(30)14-31-20-6-3-16(23)12-18(20)24;1-27-6-8-28(9-7-27)21-24-12-14-10-16(3-4-18(14)26-21)25-20(29)13-30-19-5-2-15(22)11-17(19)23/h3-6,11-13H,2,7-10,14H2,1H3,(H,26,30);2-5,10-12H,6-9,13H2,1H3,(H,25,29). The van der Waals surface area contributed by atoms with Crippen molar-refractivity contribution >= 4 is 103 Å². The number of piperazine rings is 1. The van der Waals surface area contributed by atoms with Crippen molar-refractivity contribution in [1.82, 2.24) is 29.7 Å². The molecule has 2 aliphatic rings. The van der Waals surface area contributed by atoms with E-state index in [4.69, 9.17) is 60.9 Å². The number of amides is 2. The van der Waals surface area contributed by atoms with Crippen LogP contribution in [0.4, 0.5) is 23.3 Å². The quantitative estimate of drug-likeness (QED) is 0.139. The van der Waals surface area contributed by atoms with E-state index in [0.29, 0.717) is 43.0 Å². The van der Waals surface area contributed by atoms with Crippen molar-refractivity contribution in [3.8, 4) is 11.5 Å². The Bertz CT molecular complexity index is 2510. The molecule has 61 heavy (non-hydrogen) atoms. The van der Waals surface area contributed by atoms with Crippen molar-refractivity contribution in [2.24, 2.45) is 0 Å². The SMILES string of the molecule is CN1CCCN(c2ncc3cc(NC(=O)COc4ccc(Cl)cc4Cl)ccc3n2)CC1.CN1CCN(c2ncc3cc(NC(=O)COc4ccc(Cl)cc4Cl)ccc3n2)CC1. The number of ether oxygens (including phenoxy) is 2. The Labute approximate surface area is 373 Å². The van der Waals surface area contributed by atoms with E-state index in [9.17, 15) is 9.59 Å². The van der Waals surface area contributed by atoms with Crippen molar-refractivity contribution in [3.05, 3.63) is 105 Å². The Morgan fingerprint density at radius 2 is 1.02 bits per heavy atom. The molecule has 4 aromatic carbocycles. The minimum atomic E-state index is -0.296. The molecule has 4 heterocycles. The largest absolute Gasteiger partial charge is 0.482 e. The molecule has 2 aromatic heterocycles. The Balaban J connectivity index is 0.000000184. The second-order valence-corrected chi connectivity index (χ2v) is 16.3. The van der Waals surface area contributed by atoms with Gasteiger partial charge < -0.3 is 39.7 Å². The van der Waals surface area contributed by atoms with Gasteiger partial charge in [0, 0.05) is 90.4 Å². The molecule has 2 aliphatic heterocycles. The fourth-order valence-corrected chi connectivity index (χ4v) is 7.55. The molecule has 0 aliphatic carbocycles. The van der Waals surface area contributed by atoms with Gasteiger partial charge >= 0.3 is 0 Å². The third-order valence-corrected chi connectivity index (χ3v) is 11.1. The predicted molar refractivity (Wildman–Crippen MR) is 244 cm³/mol. The fourth-order valence-electron chi connectivity index (χ4n) is 6.63. The van der Waals surface area contributed by atoms with Gasteiger partial charge in [-0.25, -0.2) is 19.9 Å². The van der Waals surface area contributed by atoms with Gasteiger partial charge in [-0.1, -0.05) is 46.4 Å². The van der Waals surface area contributed by atoms with E-state index in [2.05, 4.69) is 59.3 Å². The van der Waals surface area contributed by atoms with Crippen LogP contribution in [0.15, 0.2) is 85.2 Å². The number of hydrogen-bond acceptors (Lipinski definition) is 12. The molecule has 8 rings (SSSR count). The van der Waals surface area contributed by atoms with Crippen LogP contribution in [0, 0.1) is 0 Å². The number of benzene rings is 4. The van der Waals surface area contributed by atoms with Crippen molar-refractivity contribution in [1.29, 1.82) is 0 Å². The molecule has 2 N–H and O–H groups in total. The average molecular weight is 907 g/mol. The number of hydrogen-bond donors (Lipinski definition) is 2. The highest BCUT2D eigenvalue weighted by Crippen LogP contribution is 2.29. The normalized spacial score (nSPS) is 14.9. The van der Waals surface area contributed by atoms with Gasteiger partial charge in [0.2, 0.25) is 11.9 Å². The number of aromatic nitrogens is 4.